The van der Waals surface area contributed by atoms with Gasteiger partial charge in [-0.15, -0.1) is 0 Å². The minimum absolute atomic E-state index is 0.0873. The summed E-state index contributed by atoms with van der Waals surface area (Å²) in [6.07, 6.45) is 0. The highest BCUT2D eigenvalue weighted by molar-refractivity contribution is 5.76. The molecule has 7 nitrogen and oxygen atoms in total. The SMILES string of the molecule is COc1ccc(-c2ccc(=O)n(CC(=O)NC(CO)C(C)C)n2)cc1. The standard InChI is InChI=1S/C18H23N3O4/c1-12(2)16(11-22)19-17(23)10-21-18(24)9-8-15(20-21)13-4-6-14(25-3)7-5-13/h4-9,12,16,22H,10-11H2,1-3H3,(H,19,23). The number of nitrogens with zero attached hydrogens (tertiary/aromatic N) is 2. The molecule has 0 saturated carbocycles. The number of benzene rings is 1. The van der Waals surface area contributed by atoms with Gasteiger partial charge in [-0.05, 0) is 36.2 Å². The molecular weight excluding hydrogens is 322 g/mol. The number of carbonyl (C=O) groups is 1. The van der Waals surface area contributed by atoms with Crippen molar-refractivity contribution in [3.05, 3.63) is 46.8 Å². The van der Waals surface area contributed by atoms with Crippen molar-refractivity contribution in [3.63, 3.8) is 0 Å². The molecule has 1 heterocycles. The number of amides is 1. The van der Waals surface area contributed by atoms with Gasteiger partial charge in [0.2, 0.25) is 5.91 Å². The maximum atomic E-state index is 12.1. The fourth-order valence-electron chi connectivity index (χ4n) is 2.29. The summed E-state index contributed by atoms with van der Waals surface area (Å²) in [6.45, 7) is 3.44. The maximum absolute atomic E-state index is 12.1. The molecule has 2 aromatic rings. The Kier molecular flexibility index (Phi) is 6.30. The van der Waals surface area contributed by atoms with Crippen LogP contribution in [0.1, 0.15) is 13.8 Å². The highest BCUT2D eigenvalue weighted by Gasteiger charge is 2.16. The molecule has 2 N–H and O–H groups in total. The fraction of sp³-hybridized carbons (Fsp3) is 0.389. The van der Waals surface area contributed by atoms with Crippen LogP contribution in [0.15, 0.2) is 41.2 Å². The molecule has 25 heavy (non-hydrogen) atoms. The summed E-state index contributed by atoms with van der Waals surface area (Å²) >= 11 is 0. The third-order valence-electron chi connectivity index (χ3n) is 3.89. The Balaban J connectivity index is 2.18. The Bertz CT molecular complexity index is 769. The van der Waals surface area contributed by atoms with Gasteiger partial charge in [-0.25, -0.2) is 4.68 Å². The number of ether oxygens (including phenoxy) is 1. The van der Waals surface area contributed by atoms with Gasteiger partial charge in [-0.2, -0.15) is 5.10 Å². The van der Waals surface area contributed by atoms with Gasteiger partial charge in [0.1, 0.15) is 12.3 Å². The first-order valence-electron chi connectivity index (χ1n) is 8.07. The monoisotopic (exact) mass is 345 g/mol. The summed E-state index contributed by atoms with van der Waals surface area (Å²) in [5.74, 6) is 0.443. The van der Waals surface area contributed by atoms with E-state index in [1.165, 1.54) is 6.07 Å². The van der Waals surface area contributed by atoms with Crippen LogP contribution in [0.25, 0.3) is 11.3 Å². The molecule has 1 aromatic heterocycles. The molecule has 0 saturated heterocycles. The van der Waals surface area contributed by atoms with Crippen molar-refractivity contribution < 1.29 is 14.6 Å². The predicted octanol–water partition coefficient (Wildman–Crippen LogP) is 1.05. The van der Waals surface area contributed by atoms with Crippen LogP contribution < -0.4 is 15.6 Å². The second kappa shape index (κ2) is 8.43. The summed E-state index contributed by atoms with van der Waals surface area (Å²) in [7, 11) is 1.59. The molecular formula is C18H23N3O4. The Morgan fingerprint density at radius 1 is 1.24 bits per heavy atom. The summed E-state index contributed by atoms with van der Waals surface area (Å²) < 4.78 is 6.23. The maximum Gasteiger partial charge on any atom is 0.267 e. The van der Waals surface area contributed by atoms with Crippen LogP contribution in [-0.2, 0) is 11.3 Å². The molecule has 1 aromatic carbocycles. The highest BCUT2D eigenvalue weighted by atomic mass is 16.5. The van der Waals surface area contributed by atoms with E-state index in [0.717, 1.165) is 16.0 Å². The van der Waals surface area contributed by atoms with Crippen molar-refractivity contribution in [1.29, 1.82) is 0 Å². The van der Waals surface area contributed by atoms with Crippen molar-refractivity contribution >= 4 is 5.91 Å². The van der Waals surface area contributed by atoms with Crippen LogP contribution in [0.4, 0.5) is 0 Å². The summed E-state index contributed by atoms with van der Waals surface area (Å²) in [5, 5.41) is 16.3. The van der Waals surface area contributed by atoms with Crippen LogP contribution in [0.3, 0.4) is 0 Å². The van der Waals surface area contributed by atoms with Crippen molar-refractivity contribution in [3.8, 4) is 17.0 Å². The molecule has 0 aliphatic carbocycles. The molecule has 1 atom stereocenters. The first-order valence-corrected chi connectivity index (χ1v) is 8.07. The lowest BCUT2D eigenvalue weighted by atomic mass is 10.1. The van der Waals surface area contributed by atoms with Crippen molar-refractivity contribution in [2.45, 2.75) is 26.4 Å². The summed E-state index contributed by atoms with van der Waals surface area (Å²) in [4.78, 5) is 24.1. The molecule has 0 bridgehead atoms. The molecule has 1 unspecified atom stereocenters. The number of aliphatic hydroxyl groups is 1. The molecule has 134 valence electrons. The van der Waals surface area contributed by atoms with Gasteiger partial charge in [-0.1, -0.05) is 13.8 Å². The van der Waals surface area contributed by atoms with Crippen LogP contribution in [0.2, 0.25) is 0 Å². The molecule has 7 heteroatoms. The second-order valence-electron chi connectivity index (χ2n) is 6.04. The van der Waals surface area contributed by atoms with Crippen molar-refractivity contribution in [2.75, 3.05) is 13.7 Å². The van der Waals surface area contributed by atoms with E-state index >= 15 is 0 Å². The van der Waals surface area contributed by atoms with Crippen LogP contribution in [0.5, 0.6) is 5.75 Å². The van der Waals surface area contributed by atoms with Crippen molar-refractivity contribution in [1.82, 2.24) is 15.1 Å². The molecule has 0 aliphatic rings. The van der Waals surface area contributed by atoms with Crippen LogP contribution in [-0.4, -0.2) is 40.6 Å². The molecule has 0 aliphatic heterocycles. The second-order valence-corrected chi connectivity index (χ2v) is 6.04. The van der Waals surface area contributed by atoms with E-state index in [-0.39, 0.29) is 36.6 Å². The minimum atomic E-state index is -0.366. The number of aromatic nitrogens is 2. The van der Waals surface area contributed by atoms with Gasteiger partial charge in [0.25, 0.3) is 5.56 Å². The van der Waals surface area contributed by atoms with E-state index in [4.69, 9.17) is 4.74 Å². The van der Waals surface area contributed by atoms with E-state index in [1.54, 1.807) is 25.3 Å². The summed E-state index contributed by atoms with van der Waals surface area (Å²) in [5.41, 5.74) is 1.03. The number of hydrogen-bond donors (Lipinski definition) is 2. The Morgan fingerprint density at radius 3 is 2.48 bits per heavy atom. The zero-order valence-corrected chi connectivity index (χ0v) is 14.6. The minimum Gasteiger partial charge on any atom is -0.497 e. The number of aliphatic hydroxyl groups excluding tert-OH is 1. The van der Waals surface area contributed by atoms with Crippen molar-refractivity contribution in [2.24, 2.45) is 5.92 Å². The van der Waals surface area contributed by atoms with Gasteiger partial charge in [0, 0.05) is 11.6 Å². The summed E-state index contributed by atoms with van der Waals surface area (Å²) in [6, 6.07) is 9.90. The van der Waals surface area contributed by atoms with Gasteiger partial charge in [-0.3, -0.25) is 9.59 Å². The Labute approximate surface area is 146 Å². The zero-order chi connectivity index (χ0) is 18.4. The number of carbonyl (C=O) groups excluding carboxylic acids is 1. The van der Waals surface area contributed by atoms with Crippen LogP contribution in [0, 0.1) is 5.92 Å². The van der Waals surface area contributed by atoms with E-state index in [0.29, 0.717) is 5.69 Å². The highest BCUT2D eigenvalue weighted by Crippen LogP contribution is 2.19. The Hall–Kier alpha value is -2.67. The number of hydrogen-bond acceptors (Lipinski definition) is 5. The fourth-order valence-corrected chi connectivity index (χ4v) is 2.29. The van der Waals surface area contributed by atoms with Gasteiger partial charge in [0.05, 0.1) is 25.5 Å². The largest absolute Gasteiger partial charge is 0.497 e. The lowest BCUT2D eigenvalue weighted by Crippen LogP contribution is -2.44. The number of methoxy groups -OCH3 is 1. The first-order chi connectivity index (χ1) is 11.9. The van der Waals surface area contributed by atoms with Gasteiger partial charge in [0.15, 0.2) is 0 Å². The van der Waals surface area contributed by atoms with E-state index in [1.807, 2.05) is 26.0 Å². The Morgan fingerprint density at radius 2 is 1.92 bits per heavy atom. The molecule has 2 rings (SSSR count). The molecule has 0 radical (unpaired) electrons. The molecule has 0 spiro atoms. The smallest absolute Gasteiger partial charge is 0.267 e. The van der Waals surface area contributed by atoms with E-state index < -0.39 is 0 Å². The van der Waals surface area contributed by atoms with E-state index in [9.17, 15) is 14.7 Å². The molecule has 0 fully saturated rings. The van der Waals surface area contributed by atoms with Gasteiger partial charge < -0.3 is 15.2 Å². The topological polar surface area (TPSA) is 93.5 Å². The third-order valence-corrected chi connectivity index (χ3v) is 3.89. The normalized spacial score (nSPS) is 12.0. The predicted molar refractivity (Wildman–Crippen MR) is 94.3 cm³/mol. The number of nitrogens with one attached hydrogen (secondary N) is 1. The quantitative estimate of drug-likeness (QED) is 0.782. The average molecular weight is 345 g/mol. The van der Waals surface area contributed by atoms with Crippen LogP contribution >= 0.6 is 0 Å². The lowest BCUT2D eigenvalue weighted by Gasteiger charge is -2.20. The zero-order valence-electron chi connectivity index (χ0n) is 14.6. The third kappa shape index (κ3) is 4.90. The van der Waals surface area contributed by atoms with Gasteiger partial charge >= 0.3 is 0 Å². The lowest BCUT2D eigenvalue weighted by molar-refractivity contribution is -0.123. The average Bonchev–Trinajstić information content (AvgIpc) is 2.61. The first kappa shape index (κ1) is 18.7. The van der Waals surface area contributed by atoms with E-state index in [2.05, 4.69) is 10.4 Å². The number of rotatable bonds is 7. The molecule has 1 amide bonds.